The van der Waals surface area contributed by atoms with E-state index in [1.54, 1.807) is 6.92 Å². The van der Waals surface area contributed by atoms with Gasteiger partial charge in [0.15, 0.2) is 11.5 Å². The van der Waals surface area contributed by atoms with Crippen LogP contribution in [-0.2, 0) is 11.3 Å². The summed E-state index contributed by atoms with van der Waals surface area (Å²) in [5, 5.41) is 10.6. The minimum absolute atomic E-state index is 0.00224. The first-order valence-electron chi connectivity index (χ1n) is 7.52. The van der Waals surface area contributed by atoms with E-state index in [0.717, 1.165) is 0 Å². The van der Waals surface area contributed by atoms with Crippen LogP contribution in [0.25, 0.3) is 0 Å². The monoisotopic (exact) mass is 367 g/mol. The number of hydrogen-bond donors (Lipinski definition) is 0. The largest absolute Gasteiger partial charge is 0.490 e. The molecular weight excluding hydrogens is 352 g/mol. The first kappa shape index (κ1) is 19.1. The molecule has 0 aromatic heterocycles. The lowest BCUT2D eigenvalue weighted by Gasteiger charge is -2.12. The number of nitrogens with zero attached hydrogens (tertiary/aromatic N) is 1. The van der Waals surface area contributed by atoms with Crippen molar-refractivity contribution in [1.82, 2.24) is 0 Å². The van der Waals surface area contributed by atoms with E-state index in [0.29, 0.717) is 5.56 Å². The molecule has 26 heavy (non-hydrogen) atoms. The van der Waals surface area contributed by atoms with Crippen LogP contribution in [0.15, 0.2) is 42.5 Å². The lowest BCUT2D eigenvalue weighted by atomic mass is 10.2. The van der Waals surface area contributed by atoms with Gasteiger partial charge in [-0.15, -0.1) is 0 Å². The van der Waals surface area contributed by atoms with Gasteiger partial charge in [0.2, 0.25) is 0 Å². The topological polar surface area (TPSA) is 87.9 Å². The molecule has 2 rings (SSSR count). The van der Waals surface area contributed by atoms with Crippen LogP contribution in [0, 0.1) is 10.1 Å². The second kappa shape index (κ2) is 8.75. The number of alkyl halides is 2. The van der Waals surface area contributed by atoms with Crippen LogP contribution in [0.4, 0.5) is 14.5 Å². The summed E-state index contributed by atoms with van der Waals surface area (Å²) in [6.45, 7) is -1.27. The predicted octanol–water partition coefficient (Wildman–Crippen LogP) is 3.95. The molecule has 0 saturated heterocycles. The fourth-order valence-electron chi connectivity index (χ4n) is 2.04. The number of nitro benzene ring substituents is 1. The van der Waals surface area contributed by atoms with Crippen molar-refractivity contribution in [2.45, 2.75) is 20.1 Å². The van der Waals surface area contributed by atoms with Gasteiger partial charge < -0.3 is 14.2 Å². The normalized spacial score (nSPS) is 10.5. The molecule has 0 aliphatic rings. The van der Waals surface area contributed by atoms with Crippen molar-refractivity contribution in [3.8, 4) is 11.5 Å². The van der Waals surface area contributed by atoms with Gasteiger partial charge in [-0.05, 0) is 42.8 Å². The smallest absolute Gasteiger partial charge is 0.387 e. The number of hydrogen-bond acceptors (Lipinski definition) is 6. The van der Waals surface area contributed by atoms with E-state index < -0.39 is 17.5 Å². The average Bonchev–Trinajstić information content (AvgIpc) is 2.61. The number of nitro groups is 1. The summed E-state index contributed by atoms with van der Waals surface area (Å²) in [6, 6.07) is 9.25. The highest BCUT2D eigenvalue weighted by Gasteiger charge is 2.15. The SMILES string of the molecule is CCOc1cc(C(=O)OCc2ccc([N+](=O)[O-])cc2)ccc1OC(F)F. The van der Waals surface area contributed by atoms with Crippen LogP contribution in [0.2, 0.25) is 0 Å². The Bertz CT molecular complexity index is 779. The molecule has 0 aliphatic carbocycles. The van der Waals surface area contributed by atoms with Crippen LogP contribution in [-0.4, -0.2) is 24.1 Å². The van der Waals surface area contributed by atoms with E-state index >= 15 is 0 Å². The molecule has 0 N–H and O–H groups in total. The molecule has 0 spiro atoms. The zero-order chi connectivity index (χ0) is 19.1. The van der Waals surface area contributed by atoms with Gasteiger partial charge in [0, 0.05) is 12.1 Å². The van der Waals surface area contributed by atoms with Crippen LogP contribution in [0.3, 0.4) is 0 Å². The minimum atomic E-state index is -3.02. The zero-order valence-electron chi connectivity index (χ0n) is 13.7. The first-order chi connectivity index (χ1) is 12.4. The number of rotatable bonds is 8. The summed E-state index contributed by atoms with van der Waals surface area (Å²) in [5.74, 6) is -0.890. The molecule has 2 aromatic rings. The Balaban J connectivity index is 2.06. The molecule has 0 atom stereocenters. The van der Waals surface area contributed by atoms with Crippen LogP contribution < -0.4 is 9.47 Å². The molecule has 9 heteroatoms. The maximum absolute atomic E-state index is 12.4. The Hall–Kier alpha value is -3.23. The van der Waals surface area contributed by atoms with E-state index in [1.807, 2.05) is 0 Å². The highest BCUT2D eigenvalue weighted by Crippen LogP contribution is 2.30. The number of halogens is 2. The summed E-state index contributed by atoms with van der Waals surface area (Å²) >= 11 is 0. The van der Waals surface area contributed by atoms with Crippen LogP contribution in [0.1, 0.15) is 22.8 Å². The average molecular weight is 367 g/mol. The standard InChI is InChI=1S/C17H15F2NO6/c1-2-24-15-9-12(5-8-14(15)26-17(18)19)16(21)25-10-11-3-6-13(7-4-11)20(22)23/h3-9,17H,2,10H2,1H3. The Kier molecular flexibility index (Phi) is 6.42. The van der Waals surface area contributed by atoms with Gasteiger partial charge in [0.25, 0.3) is 5.69 Å². The number of non-ortho nitro benzene ring substituents is 1. The maximum Gasteiger partial charge on any atom is 0.387 e. The number of carbonyl (C=O) groups excluding carboxylic acids is 1. The van der Waals surface area contributed by atoms with Crippen LogP contribution in [0.5, 0.6) is 11.5 Å². The van der Waals surface area contributed by atoms with E-state index in [-0.39, 0.29) is 36.0 Å². The molecule has 7 nitrogen and oxygen atoms in total. The lowest BCUT2D eigenvalue weighted by molar-refractivity contribution is -0.384. The molecule has 0 amide bonds. The predicted molar refractivity (Wildman–Crippen MR) is 86.5 cm³/mol. The van der Waals surface area contributed by atoms with Crippen molar-refractivity contribution < 1.29 is 32.7 Å². The molecule has 0 saturated carbocycles. The fraction of sp³-hybridized carbons (Fsp3) is 0.235. The molecule has 0 heterocycles. The van der Waals surface area contributed by atoms with Crippen molar-refractivity contribution in [3.63, 3.8) is 0 Å². The third kappa shape index (κ3) is 5.13. The van der Waals surface area contributed by atoms with Gasteiger partial charge in [-0.25, -0.2) is 4.79 Å². The summed E-state index contributed by atoms with van der Waals surface area (Å²) in [5.41, 5.74) is 0.583. The first-order valence-corrected chi connectivity index (χ1v) is 7.52. The maximum atomic E-state index is 12.4. The zero-order valence-corrected chi connectivity index (χ0v) is 13.7. The number of benzene rings is 2. The highest BCUT2D eigenvalue weighted by molar-refractivity contribution is 5.90. The minimum Gasteiger partial charge on any atom is -0.490 e. The third-order valence-corrected chi connectivity index (χ3v) is 3.21. The number of carbonyl (C=O) groups is 1. The quantitative estimate of drug-likeness (QED) is 0.399. The summed E-state index contributed by atoms with van der Waals surface area (Å²) in [4.78, 5) is 22.2. The second-order valence-corrected chi connectivity index (χ2v) is 4.97. The van der Waals surface area contributed by atoms with Gasteiger partial charge in [-0.1, -0.05) is 0 Å². The van der Waals surface area contributed by atoms with Crippen LogP contribution >= 0.6 is 0 Å². The molecule has 0 aliphatic heterocycles. The molecule has 2 aromatic carbocycles. The van der Waals surface area contributed by atoms with Gasteiger partial charge in [0.1, 0.15) is 6.61 Å². The molecule has 0 fully saturated rings. The third-order valence-electron chi connectivity index (χ3n) is 3.21. The van der Waals surface area contributed by atoms with Crippen molar-refractivity contribution in [2.24, 2.45) is 0 Å². The molecule has 0 unspecified atom stereocenters. The number of esters is 1. The summed E-state index contributed by atoms with van der Waals surface area (Å²) < 4.78 is 39.4. The van der Waals surface area contributed by atoms with Gasteiger partial charge in [-0.3, -0.25) is 10.1 Å². The van der Waals surface area contributed by atoms with E-state index in [2.05, 4.69) is 4.74 Å². The Morgan fingerprint density at radius 3 is 2.42 bits per heavy atom. The van der Waals surface area contributed by atoms with Crippen molar-refractivity contribution in [3.05, 3.63) is 63.7 Å². The Labute approximate surface area is 147 Å². The molecule has 0 bridgehead atoms. The van der Waals surface area contributed by atoms with Crippen molar-refractivity contribution in [1.29, 1.82) is 0 Å². The summed E-state index contributed by atoms with van der Waals surface area (Å²) in [7, 11) is 0. The van der Waals surface area contributed by atoms with Crippen molar-refractivity contribution in [2.75, 3.05) is 6.61 Å². The van der Waals surface area contributed by atoms with E-state index in [4.69, 9.17) is 9.47 Å². The molecule has 0 radical (unpaired) electrons. The lowest BCUT2D eigenvalue weighted by Crippen LogP contribution is -2.08. The van der Waals surface area contributed by atoms with E-state index in [1.165, 1.54) is 42.5 Å². The highest BCUT2D eigenvalue weighted by atomic mass is 19.3. The number of ether oxygens (including phenoxy) is 3. The van der Waals surface area contributed by atoms with E-state index in [9.17, 15) is 23.7 Å². The second-order valence-electron chi connectivity index (χ2n) is 4.97. The Morgan fingerprint density at radius 2 is 1.85 bits per heavy atom. The summed E-state index contributed by atoms with van der Waals surface area (Å²) in [6.07, 6.45) is 0. The molecular formula is C17H15F2NO6. The fourth-order valence-corrected chi connectivity index (χ4v) is 2.04. The van der Waals surface area contributed by atoms with Gasteiger partial charge in [-0.2, -0.15) is 8.78 Å². The molecule has 138 valence electrons. The Morgan fingerprint density at radius 1 is 1.15 bits per heavy atom. The van der Waals surface area contributed by atoms with Gasteiger partial charge >= 0.3 is 12.6 Å². The van der Waals surface area contributed by atoms with Crippen molar-refractivity contribution >= 4 is 11.7 Å². The van der Waals surface area contributed by atoms with Gasteiger partial charge in [0.05, 0.1) is 17.1 Å².